The van der Waals surface area contributed by atoms with E-state index in [1.165, 1.54) is 10.5 Å². The first kappa shape index (κ1) is 11.1. The molecule has 0 bridgehead atoms. The highest BCUT2D eigenvalue weighted by molar-refractivity contribution is 7.98. The summed E-state index contributed by atoms with van der Waals surface area (Å²) in [7, 11) is 1.68. The van der Waals surface area contributed by atoms with E-state index in [0.29, 0.717) is 0 Å². The minimum atomic E-state index is 0.904. The van der Waals surface area contributed by atoms with E-state index >= 15 is 0 Å². The Morgan fingerprint density at radius 3 is 2.62 bits per heavy atom. The molecular formula is C14H13OS. The molecule has 81 valence electrons. The molecule has 0 saturated carbocycles. The van der Waals surface area contributed by atoms with Crippen molar-refractivity contribution in [2.24, 2.45) is 0 Å². The highest BCUT2D eigenvalue weighted by atomic mass is 32.2. The van der Waals surface area contributed by atoms with Gasteiger partial charge in [-0.05, 0) is 35.9 Å². The van der Waals surface area contributed by atoms with Gasteiger partial charge < -0.3 is 4.74 Å². The lowest BCUT2D eigenvalue weighted by Gasteiger charge is -2.03. The minimum absolute atomic E-state index is 0.904. The molecule has 2 aromatic rings. The molecule has 0 unspecified atom stereocenters. The van der Waals surface area contributed by atoms with Crippen LogP contribution in [0.2, 0.25) is 0 Å². The molecule has 0 atom stereocenters. The van der Waals surface area contributed by atoms with E-state index in [4.69, 9.17) is 4.74 Å². The quantitative estimate of drug-likeness (QED) is 0.738. The molecule has 1 radical (unpaired) electrons. The molecule has 1 nitrogen and oxygen atoms in total. The fourth-order valence-corrected chi connectivity index (χ4v) is 2.21. The molecule has 0 aliphatic heterocycles. The summed E-state index contributed by atoms with van der Waals surface area (Å²) < 4.78 is 5.12. The van der Waals surface area contributed by atoms with Crippen LogP contribution in [0.5, 0.6) is 5.75 Å². The zero-order chi connectivity index (χ0) is 11.2. The number of ether oxygens (including phenoxy) is 1. The summed E-state index contributed by atoms with van der Waals surface area (Å²) in [5, 5.41) is 0. The topological polar surface area (TPSA) is 9.23 Å². The van der Waals surface area contributed by atoms with E-state index in [2.05, 4.69) is 24.3 Å². The van der Waals surface area contributed by atoms with Gasteiger partial charge >= 0.3 is 0 Å². The van der Waals surface area contributed by atoms with Crippen molar-refractivity contribution in [1.82, 2.24) is 0 Å². The zero-order valence-corrected chi connectivity index (χ0v) is 9.96. The highest BCUT2D eigenvalue weighted by Crippen LogP contribution is 2.23. The summed E-state index contributed by atoms with van der Waals surface area (Å²) in [6.07, 6.45) is 0. The normalized spacial score (nSPS) is 10.1. The Balaban J connectivity index is 1.94. The highest BCUT2D eigenvalue weighted by Gasteiger charge is 1.96. The second-order valence-corrected chi connectivity index (χ2v) is 4.42. The summed E-state index contributed by atoms with van der Waals surface area (Å²) in [5.74, 6) is 1.88. The maximum Gasteiger partial charge on any atom is 0.118 e. The monoisotopic (exact) mass is 229 g/mol. The molecule has 0 heterocycles. The van der Waals surface area contributed by atoms with Crippen LogP contribution >= 0.6 is 11.8 Å². The second kappa shape index (κ2) is 5.61. The third-order valence-electron chi connectivity index (χ3n) is 2.24. The molecule has 0 aliphatic rings. The first-order valence-electron chi connectivity index (χ1n) is 5.10. The summed E-state index contributed by atoms with van der Waals surface area (Å²) in [6, 6.07) is 19.3. The number of benzene rings is 2. The van der Waals surface area contributed by atoms with E-state index in [0.717, 1.165) is 11.5 Å². The van der Waals surface area contributed by atoms with Crippen molar-refractivity contribution in [3.63, 3.8) is 0 Å². The van der Waals surface area contributed by atoms with Gasteiger partial charge in [0, 0.05) is 10.6 Å². The van der Waals surface area contributed by atoms with Gasteiger partial charge in [0.05, 0.1) is 7.11 Å². The van der Waals surface area contributed by atoms with Gasteiger partial charge in [-0.1, -0.05) is 24.3 Å². The van der Waals surface area contributed by atoms with Crippen LogP contribution in [-0.2, 0) is 5.75 Å². The summed E-state index contributed by atoms with van der Waals surface area (Å²) in [4.78, 5) is 1.25. The Morgan fingerprint density at radius 2 is 2.00 bits per heavy atom. The van der Waals surface area contributed by atoms with Gasteiger partial charge in [-0.2, -0.15) is 0 Å². The third-order valence-corrected chi connectivity index (χ3v) is 3.31. The lowest BCUT2D eigenvalue weighted by Crippen LogP contribution is -1.84. The fourth-order valence-electron chi connectivity index (χ4n) is 1.36. The Hall–Kier alpha value is -1.41. The molecule has 0 N–H and O–H groups in total. The van der Waals surface area contributed by atoms with Gasteiger partial charge in [-0.3, -0.25) is 0 Å². The predicted octanol–water partition coefficient (Wildman–Crippen LogP) is 3.79. The fraction of sp³-hybridized carbons (Fsp3) is 0.143. The number of hydrogen-bond acceptors (Lipinski definition) is 2. The van der Waals surface area contributed by atoms with E-state index < -0.39 is 0 Å². The average Bonchev–Trinajstić information content (AvgIpc) is 2.38. The standard InChI is InChI=1S/C14H13OS/c1-15-13-9-7-12(8-10-13)11-16-14-5-3-2-4-6-14/h2-3,5-10H,11H2,1H3. The smallest absolute Gasteiger partial charge is 0.118 e. The van der Waals surface area contributed by atoms with Crippen molar-refractivity contribution in [3.8, 4) is 5.75 Å². The van der Waals surface area contributed by atoms with Gasteiger partial charge in [-0.15, -0.1) is 11.8 Å². The van der Waals surface area contributed by atoms with Gasteiger partial charge in [-0.25, -0.2) is 0 Å². The zero-order valence-electron chi connectivity index (χ0n) is 9.14. The number of methoxy groups -OCH3 is 1. The summed E-state index contributed by atoms with van der Waals surface area (Å²) in [6.45, 7) is 0. The van der Waals surface area contributed by atoms with Crippen molar-refractivity contribution < 1.29 is 4.74 Å². The Morgan fingerprint density at radius 1 is 1.19 bits per heavy atom. The first-order chi connectivity index (χ1) is 7.88. The lowest BCUT2D eigenvalue weighted by molar-refractivity contribution is 0.414. The number of thioether (sulfide) groups is 1. The first-order valence-corrected chi connectivity index (χ1v) is 6.09. The SMILES string of the molecule is COc1ccc(CSc2c[c]ccc2)cc1. The summed E-state index contributed by atoms with van der Waals surface area (Å²) in [5.41, 5.74) is 1.30. The molecule has 0 aliphatic carbocycles. The number of rotatable bonds is 4. The van der Waals surface area contributed by atoms with Crippen LogP contribution in [0.15, 0.2) is 53.4 Å². The maximum atomic E-state index is 5.12. The predicted molar refractivity (Wildman–Crippen MR) is 67.8 cm³/mol. The lowest BCUT2D eigenvalue weighted by atomic mass is 10.2. The molecule has 2 heteroatoms. The van der Waals surface area contributed by atoms with Crippen LogP contribution in [0.3, 0.4) is 0 Å². The molecular weight excluding hydrogens is 216 g/mol. The van der Waals surface area contributed by atoms with Crippen LogP contribution in [0, 0.1) is 6.07 Å². The van der Waals surface area contributed by atoms with E-state index in [1.54, 1.807) is 7.11 Å². The Labute approximate surface area is 100 Å². The van der Waals surface area contributed by atoms with Crippen molar-refractivity contribution in [2.75, 3.05) is 7.11 Å². The van der Waals surface area contributed by atoms with Gasteiger partial charge in [0.2, 0.25) is 0 Å². The molecule has 0 saturated heterocycles. The van der Waals surface area contributed by atoms with E-state index in [9.17, 15) is 0 Å². The third kappa shape index (κ3) is 3.04. The molecule has 0 amide bonds. The van der Waals surface area contributed by atoms with Crippen LogP contribution < -0.4 is 4.74 Å². The Kier molecular flexibility index (Phi) is 3.89. The molecule has 0 spiro atoms. The van der Waals surface area contributed by atoms with Crippen molar-refractivity contribution in [3.05, 3.63) is 60.2 Å². The molecule has 2 aromatic carbocycles. The summed E-state index contributed by atoms with van der Waals surface area (Å²) >= 11 is 1.81. The maximum absolute atomic E-state index is 5.12. The molecule has 0 fully saturated rings. The van der Waals surface area contributed by atoms with Gasteiger partial charge in [0.25, 0.3) is 0 Å². The number of hydrogen-bond donors (Lipinski definition) is 0. The molecule has 0 aromatic heterocycles. The Bertz CT molecular complexity index is 422. The van der Waals surface area contributed by atoms with E-state index in [-0.39, 0.29) is 0 Å². The minimum Gasteiger partial charge on any atom is -0.497 e. The van der Waals surface area contributed by atoms with Crippen molar-refractivity contribution in [1.29, 1.82) is 0 Å². The van der Waals surface area contributed by atoms with Crippen LogP contribution in [0.1, 0.15) is 5.56 Å². The van der Waals surface area contributed by atoms with E-state index in [1.807, 2.05) is 42.1 Å². The molecule has 16 heavy (non-hydrogen) atoms. The van der Waals surface area contributed by atoms with Crippen LogP contribution in [0.25, 0.3) is 0 Å². The van der Waals surface area contributed by atoms with Crippen molar-refractivity contribution in [2.45, 2.75) is 10.6 Å². The second-order valence-electron chi connectivity index (χ2n) is 3.38. The average molecular weight is 229 g/mol. The van der Waals surface area contributed by atoms with Gasteiger partial charge in [0.1, 0.15) is 5.75 Å². The van der Waals surface area contributed by atoms with Crippen LogP contribution in [-0.4, -0.2) is 7.11 Å². The molecule has 2 rings (SSSR count). The van der Waals surface area contributed by atoms with Gasteiger partial charge in [0.15, 0.2) is 0 Å². The largest absolute Gasteiger partial charge is 0.497 e. The van der Waals surface area contributed by atoms with Crippen LogP contribution in [0.4, 0.5) is 0 Å². The van der Waals surface area contributed by atoms with Crippen molar-refractivity contribution >= 4 is 11.8 Å².